The summed E-state index contributed by atoms with van der Waals surface area (Å²) >= 11 is 5.78. The fourth-order valence-electron chi connectivity index (χ4n) is 2.71. The molecule has 3 rings (SSSR count). The maximum absolute atomic E-state index is 13.2. The number of fused-ring (bicyclic) bond motifs is 1. The first-order valence-corrected chi connectivity index (χ1v) is 7.12. The first-order chi connectivity index (χ1) is 9.95. The highest BCUT2D eigenvalue weighted by Gasteiger charge is 2.38. The molecule has 3 heterocycles. The van der Waals surface area contributed by atoms with E-state index in [1.807, 2.05) is 0 Å². The largest absolute Gasteiger partial charge is 0.449 e. The summed E-state index contributed by atoms with van der Waals surface area (Å²) in [5, 5.41) is 3.48. The van der Waals surface area contributed by atoms with Gasteiger partial charge in [0.15, 0.2) is 5.65 Å². The zero-order valence-corrected chi connectivity index (χ0v) is 11.9. The van der Waals surface area contributed by atoms with Crippen molar-refractivity contribution in [1.82, 2.24) is 19.9 Å². The van der Waals surface area contributed by atoms with E-state index in [0.717, 1.165) is 19.4 Å². The Morgan fingerprint density at radius 3 is 2.90 bits per heavy atom. The van der Waals surface area contributed by atoms with Gasteiger partial charge in [0.25, 0.3) is 0 Å². The number of pyridine rings is 1. The molecule has 0 amide bonds. The molecule has 0 saturated carbocycles. The van der Waals surface area contributed by atoms with Gasteiger partial charge < -0.3 is 9.88 Å². The van der Waals surface area contributed by atoms with Gasteiger partial charge in [0.2, 0.25) is 5.82 Å². The number of rotatable bonds is 2. The number of imidazole rings is 1. The molecule has 1 unspecified atom stereocenters. The van der Waals surface area contributed by atoms with Gasteiger partial charge in [-0.1, -0.05) is 11.6 Å². The smallest absolute Gasteiger partial charge is 0.316 e. The van der Waals surface area contributed by atoms with E-state index >= 15 is 0 Å². The normalized spacial score (nSPS) is 20.1. The van der Waals surface area contributed by atoms with Crippen LogP contribution in [0.3, 0.4) is 0 Å². The zero-order valence-electron chi connectivity index (χ0n) is 11.1. The molecule has 0 bridgehead atoms. The van der Waals surface area contributed by atoms with Crippen molar-refractivity contribution in [3.05, 3.63) is 23.1 Å². The molecule has 1 saturated heterocycles. The monoisotopic (exact) mass is 318 g/mol. The summed E-state index contributed by atoms with van der Waals surface area (Å²) in [6.45, 7) is 1.89. The molecule has 4 nitrogen and oxygen atoms in total. The highest BCUT2D eigenvalue weighted by atomic mass is 35.5. The maximum atomic E-state index is 13.2. The van der Waals surface area contributed by atoms with Crippen LogP contribution in [0.4, 0.5) is 13.2 Å². The van der Waals surface area contributed by atoms with Crippen molar-refractivity contribution >= 4 is 22.8 Å². The Hall–Kier alpha value is -1.34. The summed E-state index contributed by atoms with van der Waals surface area (Å²) in [6.07, 6.45) is -1.29. The van der Waals surface area contributed by atoms with Crippen LogP contribution in [0.15, 0.2) is 12.3 Å². The van der Waals surface area contributed by atoms with Crippen molar-refractivity contribution in [3.8, 4) is 0 Å². The van der Waals surface area contributed by atoms with Crippen LogP contribution in [0, 0.1) is 5.92 Å². The van der Waals surface area contributed by atoms with Crippen molar-refractivity contribution in [1.29, 1.82) is 0 Å². The lowest BCUT2D eigenvalue weighted by Crippen LogP contribution is -2.33. The fraction of sp³-hybridized carbons (Fsp3) is 0.538. The number of halogens is 4. The summed E-state index contributed by atoms with van der Waals surface area (Å²) < 4.78 is 40.7. The van der Waals surface area contributed by atoms with Gasteiger partial charge in [-0.2, -0.15) is 13.2 Å². The highest BCUT2D eigenvalue weighted by Crippen LogP contribution is 2.32. The van der Waals surface area contributed by atoms with Crippen molar-refractivity contribution in [3.63, 3.8) is 0 Å². The molecule has 0 radical (unpaired) electrons. The van der Waals surface area contributed by atoms with Crippen molar-refractivity contribution in [2.24, 2.45) is 5.92 Å². The van der Waals surface area contributed by atoms with Crippen molar-refractivity contribution in [2.45, 2.75) is 25.6 Å². The predicted octanol–water partition coefficient (Wildman–Crippen LogP) is 3.10. The summed E-state index contributed by atoms with van der Waals surface area (Å²) in [4.78, 5) is 7.71. The minimum absolute atomic E-state index is 0.148. The van der Waals surface area contributed by atoms with E-state index in [2.05, 4.69) is 15.3 Å². The van der Waals surface area contributed by atoms with Crippen LogP contribution in [0.5, 0.6) is 0 Å². The minimum Gasteiger partial charge on any atom is -0.316 e. The summed E-state index contributed by atoms with van der Waals surface area (Å²) in [6, 6.07) is 1.41. The number of nitrogens with zero attached hydrogens (tertiary/aromatic N) is 3. The Kier molecular flexibility index (Phi) is 3.79. The standard InChI is InChI=1S/C13H14ClF3N4/c14-9-4-10-11(19-6-9)21(12(20-10)13(15,16)17)7-8-2-1-3-18-5-8/h4,6,8,18H,1-3,5,7H2. The summed E-state index contributed by atoms with van der Waals surface area (Å²) in [5.41, 5.74) is 0.413. The van der Waals surface area contributed by atoms with Crippen molar-refractivity contribution < 1.29 is 13.2 Å². The second-order valence-corrected chi connectivity index (χ2v) is 5.69. The van der Waals surface area contributed by atoms with Crippen LogP contribution in [0.25, 0.3) is 11.2 Å². The molecule has 1 fully saturated rings. The first-order valence-electron chi connectivity index (χ1n) is 6.75. The molecule has 1 atom stereocenters. The Morgan fingerprint density at radius 1 is 1.43 bits per heavy atom. The molecule has 1 N–H and O–H groups in total. The lowest BCUT2D eigenvalue weighted by Gasteiger charge is -2.24. The number of hydrogen-bond acceptors (Lipinski definition) is 3. The quantitative estimate of drug-likeness (QED) is 0.925. The Morgan fingerprint density at radius 2 is 2.24 bits per heavy atom. The van der Waals surface area contributed by atoms with Gasteiger partial charge in [-0.25, -0.2) is 9.97 Å². The molecule has 0 aliphatic carbocycles. The molecule has 0 aromatic carbocycles. The van der Waals surface area contributed by atoms with E-state index in [0.29, 0.717) is 6.54 Å². The van der Waals surface area contributed by atoms with Crippen LogP contribution in [0.2, 0.25) is 5.02 Å². The Bertz CT molecular complexity index is 647. The average molecular weight is 319 g/mol. The van der Waals surface area contributed by atoms with Crippen LogP contribution in [-0.4, -0.2) is 27.6 Å². The third-order valence-corrected chi connectivity index (χ3v) is 3.85. The molecule has 0 spiro atoms. The third-order valence-electron chi connectivity index (χ3n) is 3.64. The lowest BCUT2D eigenvalue weighted by atomic mass is 9.99. The van der Waals surface area contributed by atoms with Gasteiger partial charge in [0, 0.05) is 12.7 Å². The second-order valence-electron chi connectivity index (χ2n) is 5.25. The number of piperidine rings is 1. The van der Waals surface area contributed by atoms with Gasteiger partial charge in [-0.15, -0.1) is 0 Å². The number of alkyl halides is 3. The molecular weight excluding hydrogens is 305 g/mol. The van der Waals surface area contributed by atoms with Crippen molar-refractivity contribution in [2.75, 3.05) is 13.1 Å². The number of nitrogens with one attached hydrogen (secondary N) is 1. The van der Waals surface area contributed by atoms with Crippen LogP contribution in [0.1, 0.15) is 18.7 Å². The molecule has 2 aromatic rings. The Labute approximate surface area is 124 Å². The van der Waals surface area contributed by atoms with Crippen LogP contribution in [-0.2, 0) is 12.7 Å². The first kappa shape index (κ1) is 14.6. The third kappa shape index (κ3) is 2.98. The number of hydrogen-bond donors (Lipinski definition) is 1. The SMILES string of the molecule is FC(F)(F)c1nc2cc(Cl)cnc2n1CC1CCCNC1. The van der Waals surface area contributed by atoms with E-state index in [9.17, 15) is 13.2 Å². The maximum Gasteiger partial charge on any atom is 0.449 e. The van der Waals surface area contributed by atoms with E-state index < -0.39 is 12.0 Å². The second kappa shape index (κ2) is 5.46. The summed E-state index contributed by atoms with van der Waals surface area (Å²) in [7, 11) is 0. The van der Waals surface area contributed by atoms with E-state index in [-0.39, 0.29) is 28.6 Å². The molecular formula is C13H14ClF3N4. The van der Waals surface area contributed by atoms with Gasteiger partial charge >= 0.3 is 6.18 Å². The molecule has 114 valence electrons. The molecule has 8 heteroatoms. The number of aromatic nitrogens is 3. The summed E-state index contributed by atoms with van der Waals surface area (Å²) in [5.74, 6) is -0.757. The Balaban J connectivity index is 2.04. The van der Waals surface area contributed by atoms with Crippen LogP contribution >= 0.6 is 11.6 Å². The van der Waals surface area contributed by atoms with Gasteiger partial charge in [0.1, 0.15) is 5.52 Å². The fourth-order valence-corrected chi connectivity index (χ4v) is 2.87. The topological polar surface area (TPSA) is 42.7 Å². The molecule has 1 aliphatic heterocycles. The highest BCUT2D eigenvalue weighted by molar-refractivity contribution is 6.31. The lowest BCUT2D eigenvalue weighted by molar-refractivity contribution is -0.147. The van der Waals surface area contributed by atoms with Gasteiger partial charge in [0.05, 0.1) is 5.02 Å². The van der Waals surface area contributed by atoms with E-state index in [1.54, 1.807) is 0 Å². The zero-order chi connectivity index (χ0) is 15.0. The van der Waals surface area contributed by atoms with E-state index in [1.165, 1.54) is 16.8 Å². The van der Waals surface area contributed by atoms with E-state index in [4.69, 9.17) is 11.6 Å². The predicted molar refractivity (Wildman–Crippen MR) is 73.1 cm³/mol. The van der Waals surface area contributed by atoms with Crippen LogP contribution < -0.4 is 5.32 Å². The molecule has 1 aliphatic rings. The minimum atomic E-state index is -4.50. The van der Waals surface area contributed by atoms with Gasteiger partial charge in [-0.05, 0) is 37.9 Å². The molecule has 21 heavy (non-hydrogen) atoms. The van der Waals surface area contributed by atoms with Gasteiger partial charge in [-0.3, -0.25) is 0 Å². The average Bonchev–Trinajstić information content (AvgIpc) is 2.78. The molecule has 2 aromatic heterocycles.